The summed E-state index contributed by atoms with van der Waals surface area (Å²) in [5, 5.41) is 11.7. The third-order valence-corrected chi connectivity index (χ3v) is 2.29. The summed E-state index contributed by atoms with van der Waals surface area (Å²) >= 11 is 11.1. The predicted molar refractivity (Wildman–Crippen MR) is 65.0 cm³/mol. The maximum Gasteiger partial charge on any atom is 0.412 e. The molecule has 1 atom stereocenters. The molecule has 0 saturated carbocycles. The first-order valence-electron chi connectivity index (χ1n) is 4.45. The van der Waals surface area contributed by atoms with Crippen LogP contribution in [0.4, 0.5) is 10.5 Å². The number of rotatable bonds is 2. The second-order valence-electron chi connectivity index (χ2n) is 3.05. The van der Waals surface area contributed by atoms with Gasteiger partial charge in [0.25, 0.3) is 0 Å². The standard InChI is InChI=1S/C11H9Cl2NO2/c1-8(5-6-12)14(11(15)16)10-4-2-3-9(13)7-10/h2-4,7-8H,1H3,(H,15,16). The van der Waals surface area contributed by atoms with Crippen molar-refractivity contribution in [3.63, 3.8) is 0 Å². The van der Waals surface area contributed by atoms with E-state index in [-0.39, 0.29) is 0 Å². The summed E-state index contributed by atoms with van der Waals surface area (Å²) in [5.74, 6) is 2.56. The van der Waals surface area contributed by atoms with Crippen LogP contribution in [-0.4, -0.2) is 17.2 Å². The normalized spacial score (nSPS) is 11.2. The van der Waals surface area contributed by atoms with Gasteiger partial charge in [0.05, 0.1) is 6.04 Å². The molecular formula is C11H9Cl2NO2. The molecule has 16 heavy (non-hydrogen) atoms. The van der Waals surface area contributed by atoms with Gasteiger partial charge in [0.1, 0.15) is 0 Å². The van der Waals surface area contributed by atoms with Crippen LogP contribution < -0.4 is 4.90 Å². The SMILES string of the molecule is CC(C#CCl)N(C(=O)O)c1cccc(Cl)c1. The fraction of sp³-hybridized carbons (Fsp3) is 0.182. The van der Waals surface area contributed by atoms with Gasteiger partial charge in [-0.25, -0.2) is 4.79 Å². The number of amides is 1. The number of hydrogen-bond acceptors (Lipinski definition) is 1. The van der Waals surface area contributed by atoms with E-state index >= 15 is 0 Å². The predicted octanol–water partition coefficient (Wildman–Crippen LogP) is 3.41. The molecule has 0 heterocycles. The Labute approximate surface area is 104 Å². The Kier molecular flexibility index (Phi) is 4.48. The van der Waals surface area contributed by atoms with Gasteiger partial charge in [0, 0.05) is 16.1 Å². The third kappa shape index (κ3) is 3.06. The molecule has 0 aliphatic rings. The highest BCUT2D eigenvalue weighted by Crippen LogP contribution is 2.21. The van der Waals surface area contributed by atoms with E-state index in [4.69, 9.17) is 28.3 Å². The van der Waals surface area contributed by atoms with Crippen molar-refractivity contribution in [1.82, 2.24) is 0 Å². The van der Waals surface area contributed by atoms with Crippen molar-refractivity contribution in [3.8, 4) is 11.3 Å². The zero-order valence-corrected chi connectivity index (χ0v) is 9.96. The lowest BCUT2D eigenvalue weighted by Crippen LogP contribution is -2.36. The van der Waals surface area contributed by atoms with Crippen molar-refractivity contribution in [2.24, 2.45) is 0 Å². The topological polar surface area (TPSA) is 40.5 Å². The minimum atomic E-state index is -1.10. The fourth-order valence-electron chi connectivity index (χ4n) is 1.27. The van der Waals surface area contributed by atoms with Crippen molar-refractivity contribution < 1.29 is 9.90 Å². The highest BCUT2D eigenvalue weighted by Gasteiger charge is 2.19. The number of carbonyl (C=O) groups is 1. The molecule has 0 aliphatic heterocycles. The van der Waals surface area contributed by atoms with Gasteiger partial charge in [-0.3, -0.25) is 4.90 Å². The lowest BCUT2D eigenvalue weighted by Gasteiger charge is -2.22. The number of hydrogen-bond donors (Lipinski definition) is 1. The first-order valence-corrected chi connectivity index (χ1v) is 5.20. The summed E-state index contributed by atoms with van der Waals surface area (Å²) in [7, 11) is 0. The van der Waals surface area contributed by atoms with Gasteiger partial charge >= 0.3 is 6.09 Å². The number of anilines is 1. The van der Waals surface area contributed by atoms with Crippen molar-refractivity contribution in [1.29, 1.82) is 0 Å². The van der Waals surface area contributed by atoms with E-state index in [9.17, 15) is 4.79 Å². The molecule has 0 aromatic heterocycles. The van der Waals surface area contributed by atoms with Crippen LogP contribution in [0.5, 0.6) is 0 Å². The molecule has 0 aliphatic carbocycles. The zero-order chi connectivity index (χ0) is 12.1. The molecule has 0 radical (unpaired) electrons. The highest BCUT2D eigenvalue weighted by molar-refractivity contribution is 6.31. The van der Waals surface area contributed by atoms with E-state index in [1.807, 2.05) is 0 Å². The molecule has 1 N–H and O–H groups in total. The molecule has 0 spiro atoms. The first kappa shape index (κ1) is 12.7. The maximum absolute atomic E-state index is 11.1. The van der Waals surface area contributed by atoms with E-state index in [0.717, 1.165) is 4.90 Å². The lowest BCUT2D eigenvalue weighted by atomic mass is 10.2. The summed E-state index contributed by atoms with van der Waals surface area (Å²) in [4.78, 5) is 12.2. The molecule has 3 nitrogen and oxygen atoms in total. The van der Waals surface area contributed by atoms with Crippen LogP contribution >= 0.6 is 23.2 Å². The Balaban J connectivity index is 3.11. The van der Waals surface area contributed by atoms with Crippen molar-refractivity contribution in [3.05, 3.63) is 29.3 Å². The number of nitrogens with zero attached hydrogens (tertiary/aromatic N) is 1. The van der Waals surface area contributed by atoms with Crippen molar-refractivity contribution in [2.75, 3.05) is 4.90 Å². The Morgan fingerprint density at radius 3 is 2.75 bits per heavy atom. The Morgan fingerprint density at radius 2 is 2.25 bits per heavy atom. The van der Waals surface area contributed by atoms with E-state index < -0.39 is 12.1 Å². The Hall–Kier alpha value is -1.37. The molecule has 1 unspecified atom stereocenters. The molecule has 1 amide bonds. The monoisotopic (exact) mass is 257 g/mol. The smallest absolute Gasteiger partial charge is 0.412 e. The van der Waals surface area contributed by atoms with Crippen LogP contribution in [0, 0.1) is 11.3 Å². The zero-order valence-electron chi connectivity index (χ0n) is 8.45. The highest BCUT2D eigenvalue weighted by atomic mass is 35.5. The van der Waals surface area contributed by atoms with Gasteiger partial charge in [0.15, 0.2) is 0 Å². The second kappa shape index (κ2) is 5.64. The fourth-order valence-corrected chi connectivity index (χ4v) is 1.61. The van der Waals surface area contributed by atoms with Gasteiger partial charge in [-0.05, 0) is 36.7 Å². The van der Waals surface area contributed by atoms with E-state index in [2.05, 4.69) is 11.3 Å². The van der Waals surface area contributed by atoms with Crippen molar-refractivity contribution in [2.45, 2.75) is 13.0 Å². The molecule has 5 heteroatoms. The van der Waals surface area contributed by atoms with Gasteiger partial charge in [-0.2, -0.15) is 0 Å². The Bertz CT molecular complexity index is 451. The van der Waals surface area contributed by atoms with Crippen LogP contribution in [0.2, 0.25) is 5.02 Å². The molecule has 1 rings (SSSR count). The molecule has 1 aromatic rings. The van der Waals surface area contributed by atoms with Gasteiger partial charge < -0.3 is 5.11 Å². The van der Waals surface area contributed by atoms with Crippen LogP contribution in [0.3, 0.4) is 0 Å². The molecule has 0 fully saturated rings. The average molecular weight is 258 g/mol. The summed E-state index contributed by atoms with van der Waals surface area (Å²) < 4.78 is 0. The minimum absolute atomic E-state index is 0.465. The summed E-state index contributed by atoms with van der Waals surface area (Å²) in [6.07, 6.45) is -1.10. The van der Waals surface area contributed by atoms with Crippen LogP contribution in [0.15, 0.2) is 24.3 Å². The summed E-state index contributed by atoms with van der Waals surface area (Å²) in [6.45, 7) is 1.64. The number of halogens is 2. The van der Waals surface area contributed by atoms with E-state index in [1.54, 1.807) is 31.2 Å². The van der Waals surface area contributed by atoms with Crippen LogP contribution in [0.25, 0.3) is 0 Å². The number of benzene rings is 1. The first-order chi connectivity index (χ1) is 7.56. The van der Waals surface area contributed by atoms with E-state index in [1.165, 1.54) is 0 Å². The summed E-state index contributed by atoms with van der Waals surface area (Å²) in [5.41, 5.74) is 0.465. The third-order valence-electron chi connectivity index (χ3n) is 1.94. The van der Waals surface area contributed by atoms with Gasteiger partial charge in [-0.15, -0.1) is 0 Å². The minimum Gasteiger partial charge on any atom is -0.465 e. The Morgan fingerprint density at radius 1 is 1.56 bits per heavy atom. The van der Waals surface area contributed by atoms with Crippen LogP contribution in [-0.2, 0) is 0 Å². The average Bonchev–Trinajstić information content (AvgIpc) is 2.17. The van der Waals surface area contributed by atoms with E-state index in [0.29, 0.717) is 10.7 Å². The number of carboxylic acid groups (broad SMARTS) is 1. The second-order valence-corrected chi connectivity index (χ2v) is 3.67. The largest absolute Gasteiger partial charge is 0.465 e. The van der Waals surface area contributed by atoms with Crippen LogP contribution in [0.1, 0.15) is 6.92 Å². The molecule has 0 bridgehead atoms. The molecule has 0 saturated heterocycles. The van der Waals surface area contributed by atoms with Gasteiger partial charge in [-0.1, -0.05) is 23.6 Å². The van der Waals surface area contributed by atoms with Gasteiger partial charge in [0.2, 0.25) is 0 Å². The molecular weight excluding hydrogens is 249 g/mol. The maximum atomic E-state index is 11.1. The molecule has 84 valence electrons. The lowest BCUT2D eigenvalue weighted by molar-refractivity contribution is 0.201. The quantitative estimate of drug-likeness (QED) is 0.825. The van der Waals surface area contributed by atoms with Crippen molar-refractivity contribution >= 4 is 35.0 Å². The summed E-state index contributed by atoms with van der Waals surface area (Å²) in [6, 6.07) is 6.01. The molecule has 1 aromatic carbocycles.